The van der Waals surface area contributed by atoms with Crippen LogP contribution in [0.15, 0.2) is 65.7 Å². The molecule has 0 bridgehead atoms. The predicted molar refractivity (Wildman–Crippen MR) is 145 cm³/mol. The number of carbonyl (C=O) groups is 1. The number of benzene rings is 2. The van der Waals surface area contributed by atoms with Crippen LogP contribution in [0.4, 0.5) is 10.5 Å². The Bertz CT molecular complexity index is 1740. The van der Waals surface area contributed by atoms with Gasteiger partial charge in [0.2, 0.25) is 0 Å². The van der Waals surface area contributed by atoms with Gasteiger partial charge in [0.05, 0.1) is 24.5 Å². The molecule has 0 aliphatic carbocycles. The number of nitrogens with zero attached hydrogens (tertiary/aromatic N) is 6. The van der Waals surface area contributed by atoms with Crippen molar-refractivity contribution in [1.82, 2.24) is 34.7 Å². The zero-order chi connectivity index (χ0) is 27.1. The Morgan fingerprint density at radius 3 is 2.64 bits per heavy atom. The second-order valence-corrected chi connectivity index (χ2v) is 9.56. The van der Waals surface area contributed by atoms with Crippen LogP contribution in [0.5, 0.6) is 0 Å². The van der Waals surface area contributed by atoms with E-state index in [4.69, 9.17) is 4.98 Å². The van der Waals surface area contributed by atoms with E-state index < -0.39 is 6.09 Å². The number of tetrazole rings is 1. The molecular formula is C28H26N8O3. The molecule has 11 nitrogen and oxygen atoms in total. The van der Waals surface area contributed by atoms with E-state index in [0.29, 0.717) is 5.69 Å². The highest BCUT2D eigenvalue weighted by atomic mass is 16.5. The summed E-state index contributed by atoms with van der Waals surface area (Å²) >= 11 is 0. The number of hydrogen-bond donors (Lipinski definition) is 2. The summed E-state index contributed by atoms with van der Waals surface area (Å²) < 4.78 is 8.08. The molecule has 1 aliphatic heterocycles. The number of hydrogen-bond acceptors (Lipinski definition) is 7. The van der Waals surface area contributed by atoms with Gasteiger partial charge in [0.15, 0.2) is 0 Å². The van der Waals surface area contributed by atoms with Crippen molar-refractivity contribution in [3.63, 3.8) is 0 Å². The Labute approximate surface area is 223 Å². The smallest absolute Gasteiger partial charge is 0.411 e. The predicted octanol–water partition coefficient (Wildman–Crippen LogP) is 4.21. The van der Waals surface area contributed by atoms with E-state index in [-0.39, 0.29) is 11.6 Å². The normalized spacial score (nSPS) is 14.3. The summed E-state index contributed by atoms with van der Waals surface area (Å²) in [7, 11) is 1.32. The van der Waals surface area contributed by atoms with Crippen molar-refractivity contribution >= 4 is 11.8 Å². The molecule has 5 aromatic rings. The zero-order valence-corrected chi connectivity index (χ0v) is 21.7. The lowest BCUT2D eigenvalue weighted by Crippen LogP contribution is -2.24. The first-order chi connectivity index (χ1) is 18.9. The Kier molecular flexibility index (Phi) is 6.02. The Balaban J connectivity index is 1.33. The zero-order valence-electron chi connectivity index (χ0n) is 21.7. The number of fused-ring (bicyclic) bond motifs is 1. The summed E-state index contributed by atoms with van der Waals surface area (Å²) in [6.07, 6.45) is 2.54. The van der Waals surface area contributed by atoms with Crippen molar-refractivity contribution in [3.8, 4) is 28.1 Å². The SMILES string of the molecule is COC(=O)Nc1ccc(-c2nc([C@@H]3CCc4cc(-c5cc(C)ccc5-n5cnnn5)cc(=O)n43)[nH]c2C)cc1. The molecular weight excluding hydrogens is 496 g/mol. The third-order valence-electron chi connectivity index (χ3n) is 7.00. The van der Waals surface area contributed by atoms with E-state index in [9.17, 15) is 9.59 Å². The van der Waals surface area contributed by atoms with Crippen molar-refractivity contribution in [2.75, 3.05) is 12.4 Å². The Morgan fingerprint density at radius 1 is 1.08 bits per heavy atom. The first-order valence-corrected chi connectivity index (χ1v) is 12.5. The molecule has 6 rings (SSSR count). The first-order valence-electron chi connectivity index (χ1n) is 12.5. The van der Waals surface area contributed by atoms with Crippen LogP contribution in [0.3, 0.4) is 0 Å². The van der Waals surface area contributed by atoms with E-state index in [1.807, 2.05) is 48.7 Å². The second-order valence-electron chi connectivity index (χ2n) is 9.56. The molecule has 1 atom stereocenters. The molecule has 3 aromatic heterocycles. The number of amides is 1. The summed E-state index contributed by atoms with van der Waals surface area (Å²) in [6, 6.07) is 16.9. The van der Waals surface area contributed by atoms with Crippen LogP contribution in [0.25, 0.3) is 28.1 Å². The van der Waals surface area contributed by atoms with Crippen molar-refractivity contribution in [1.29, 1.82) is 0 Å². The van der Waals surface area contributed by atoms with Gasteiger partial charge in [-0.15, -0.1) is 5.10 Å². The fourth-order valence-corrected chi connectivity index (χ4v) is 5.16. The summed E-state index contributed by atoms with van der Waals surface area (Å²) in [5.74, 6) is 0.748. The number of aryl methyl sites for hydroxylation is 3. The average molecular weight is 523 g/mol. The van der Waals surface area contributed by atoms with E-state index in [1.165, 1.54) is 7.11 Å². The van der Waals surface area contributed by atoms with E-state index >= 15 is 0 Å². The molecule has 11 heteroatoms. The van der Waals surface area contributed by atoms with Gasteiger partial charge in [-0.2, -0.15) is 4.68 Å². The average Bonchev–Trinajstić information content (AvgIpc) is 3.69. The molecule has 1 amide bonds. The van der Waals surface area contributed by atoms with Gasteiger partial charge < -0.3 is 14.3 Å². The summed E-state index contributed by atoms with van der Waals surface area (Å²) in [6.45, 7) is 3.98. The van der Waals surface area contributed by atoms with Crippen LogP contribution in [-0.2, 0) is 11.2 Å². The van der Waals surface area contributed by atoms with Crippen LogP contribution in [-0.4, -0.2) is 47.9 Å². The summed E-state index contributed by atoms with van der Waals surface area (Å²) in [5, 5.41) is 14.2. The van der Waals surface area contributed by atoms with Gasteiger partial charge in [-0.25, -0.2) is 9.78 Å². The Hall–Kier alpha value is -5.06. The minimum absolute atomic E-state index is 0.0805. The topological polar surface area (TPSA) is 133 Å². The third kappa shape index (κ3) is 4.48. The second kappa shape index (κ2) is 9.67. The van der Waals surface area contributed by atoms with E-state index in [1.54, 1.807) is 29.2 Å². The van der Waals surface area contributed by atoms with Crippen molar-refractivity contribution < 1.29 is 9.53 Å². The largest absolute Gasteiger partial charge is 0.453 e. The van der Waals surface area contributed by atoms with E-state index in [2.05, 4.69) is 36.6 Å². The fourth-order valence-electron chi connectivity index (χ4n) is 5.16. The van der Waals surface area contributed by atoms with Gasteiger partial charge in [-0.3, -0.25) is 10.1 Å². The quantitative estimate of drug-likeness (QED) is 0.353. The number of aromatic nitrogens is 7. The number of imidazole rings is 1. The highest BCUT2D eigenvalue weighted by Crippen LogP contribution is 2.34. The lowest BCUT2D eigenvalue weighted by atomic mass is 10.0. The van der Waals surface area contributed by atoms with Gasteiger partial charge in [-0.1, -0.05) is 23.8 Å². The molecule has 39 heavy (non-hydrogen) atoms. The van der Waals surface area contributed by atoms with Crippen LogP contribution >= 0.6 is 0 Å². The van der Waals surface area contributed by atoms with Crippen LogP contribution < -0.4 is 10.9 Å². The standard InChI is InChI=1S/C28H26N8O3/c1-16-4-10-23(35-15-29-33-34-35)22(12-16)19-13-21-9-11-24(36(21)25(37)14-19)27-30-17(2)26(32-27)18-5-7-20(8-6-18)31-28(38)39-3/h4-8,10,12-15,24H,9,11H2,1-3H3,(H,30,32)(H,31,38)/t24-/m0/s1. The number of H-pyrrole nitrogens is 1. The van der Waals surface area contributed by atoms with Crippen LogP contribution in [0.1, 0.15) is 35.2 Å². The highest BCUT2D eigenvalue weighted by molar-refractivity contribution is 5.85. The van der Waals surface area contributed by atoms with Gasteiger partial charge in [0.25, 0.3) is 5.56 Å². The number of anilines is 1. The number of ether oxygens (including phenoxy) is 1. The fraction of sp³-hybridized carbons (Fsp3) is 0.214. The van der Waals surface area contributed by atoms with Crippen LogP contribution in [0.2, 0.25) is 0 Å². The van der Waals surface area contributed by atoms with Crippen LogP contribution in [0, 0.1) is 13.8 Å². The summed E-state index contributed by atoms with van der Waals surface area (Å²) in [5.41, 5.74) is 7.73. The van der Waals surface area contributed by atoms with Gasteiger partial charge in [-0.05, 0) is 73.0 Å². The molecule has 0 saturated heterocycles. The maximum Gasteiger partial charge on any atom is 0.411 e. The highest BCUT2D eigenvalue weighted by Gasteiger charge is 2.29. The van der Waals surface area contributed by atoms with Crippen molar-refractivity contribution in [2.45, 2.75) is 32.7 Å². The monoisotopic (exact) mass is 522 g/mol. The molecule has 0 saturated carbocycles. The minimum Gasteiger partial charge on any atom is -0.453 e. The lowest BCUT2D eigenvalue weighted by molar-refractivity contribution is 0.187. The molecule has 196 valence electrons. The maximum absolute atomic E-state index is 13.5. The van der Waals surface area contributed by atoms with Gasteiger partial charge >= 0.3 is 6.09 Å². The number of pyridine rings is 1. The number of aromatic amines is 1. The summed E-state index contributed by atoms with van der Waals surface area (Å²) in [4.78, 5) is 33.3. The third-order valence-corrected chi connectivity index (χ3v) is 7.00. The molecule has 2 aromatic carbocycles. The number of methoxy groups -OCH3 is 1. The first kappa shape index (κ1) is 24.3. The number of carbonyl (C=O) groups excluding carboxylic acids is 1. The number of nitrogens with one attached hydrogen (secondary N) is 2. The maximum atomic E-state index is 13.5. The molecule has 0 spiro atoms. The molecule has 0 fully saturated rings. The van der Waals surface area contributed by atoms with Crippen molar-refractivity contribution in [3.05, 3.63) is 94.1 Å². The molecule has 0 radical (unpaired) electrons. The lowest BCUT2D eigenvalue weighted by Gasteiger charge is -2.15. The molecule has 1 aliphatic rings. The Morgan fingerprint density at radius 2 is 1.90 bits per heavy atom. The molecule has 4 heterocycles. The van der Waals surface area contributed by atoms with Crippen molar-refractivity contribution in [2.24, 2.45) is 0 Å². The van der Waals surface area contributed by atoms with Gasteiger partial charge in [0.1, 0.15) is 12.2 Å². The van der Waals surface area contributed by atoms with E-state index in [0.717, 1.165) is 63.7 Å². The number of rotatable bonds is 5. The van der Waals surface area contributed by atoms with Gasteiger partial charge in [0, 0.05) is 34.3 Å². The molecule has 0 unspecified atom stereocenters. The molecule has 2 N–H and O–H groups in total. The minimum atomic E-state index is -0.525.